The molecule has 1 saturated heterocycles. The summed E-state index contributed by atoms with van der Waals surface area (Å²) in [6.07, 6.45) is 1.20. The third kappa shape index (κ3) is 3.26. The Hall–Kier alpha value is -0.470. The second-order valence-corrected chi connectivity index (χ2v) is 6.21. The molecule has 1 nitrogen and oxygen atoms in total. The van der Waals surface area contributed by atoms with Gasteiger partial charge in [-0.15, -0.1) is 0 Å². The number of rotatable bonds is 3. The van der Waals surface area contributed by atoms with Gasteiger partial charge in [0.25, 0.3) is 0 Å². The van der Waals surface area contributed by atoms with Crippen molar-refractivity contribution in [3.8, 4) is 0 Å². The van der Waals surface area contributed by atoms with E-state index in [0.29, 0.717) is 5.92 Å². The van der Waals surface area contributed by atoms with Crippen molar-refractivity contribution in [2.24, 2.45) is 0 Å². The van der Waals surface area contributed by atoms with Crippen LogP contribution in [0.15, 0.2) is 24.3 Å². The van der Waals surface area contributed by atoms with E-state index in [1.54, 1.807) is 0 Å². The van der Waals surface area contributed by atoms with Gasteiger partial charge in [0.1, 0.15) is 0 Å². The van der Waals surface area contributed by atoms with Crippen molar-refractivity contribution >= 4 is 11.8 Å². The molecular weight excluding hydrogens is 214 g/mol. The lowest BCUT2D eigenvalue weighted by Gasteiger charge is -2.22. The molecule has 0 spiro atoms. The van der Waals surface area contributed by atoms with E-state index in [4.69, 9.17) is 0 Å². The van der Waals surface area contributed by atoms with E-state index in [9.17, 15) is 0 Å². The summed E-state index contributed by atoms with van der Waals surface area (Å²) in [5.74, 6) is 1.90. The van der Waals surface area contributed by atoms with Crippen LogP contribution in [0, 0.1) is 0 Å². The van der Waals surface area contributed by atoms with E-state index in [1.807, 2.05) is 0 Å². The Morgan fingerprint density at radius 1 is 1.31 bits per heavy atom. The van der Waals surface area contributed by atoms with Gasteiger partial charge in [0.05, 0.1) is 0 Å². The Morgan fingerprint density at radius 3 is 2.62 bits per heavy atom. The topological polar surface area (TPSA) is 12.0 Å². The molecule has 1 aromatic carbocycles. The Balaban J connectivity index is 1.93. The van der Waals surface area contributed by atoms with Crippen LogP contribution in [0.5, 0.6) is 0 Å². The number of benzene rings is 1. The highest BCUT2D eigenvalue weighted by molar-refractivity contribution is 8.00. The largest absolute Gasteiger partial charge is 0.315 e. The number of thioether (sulfide) groups is 1. The first-order chi connectivity index (χ1) is 7.75. The van der Waals surface area contributed by atoms with Crippen LogP contribution in [-0.4, -0.2) is 24.1 Å². The summed E-state index contributed by atoms with van der Waals surface area (Å²) in [6, 6.07) is 9.15. The van der Waals surface area contributed by atoms with Crippen molar-refractivity contribution in [3.05, 3.63) is 35.4 Å². The third-order valence-electron chi connectivity index (χ3n) is 3.11. The number of hydrogen-bond donors (Lipinski definition) is 1. The summed E-state index contributed by atoms with van der Waals surface area (Å²) in [4.78, 5) is 0. The minimum Gasteiger partial charge on any atom is -0.315 e. The zero-order valence-electron chi connectivity index (χ0n) is 10.2. The average Bonchev–Trinajstić information content (AvgIpc) is 2.31. The van der Waals surface area contributed by atoms with E-state index in [0.717, 1.165) is 11.8 Å². The summed E-state index contributed by atoms with van der Waals surface area (Å²) in [5.41, 5.74) is 2.92. The van der Waals surface area contributed by atoms with Crippen LogP contribution < -0.4 is 5.32 Å². The molecule has 0 amide bonds. The van der Waals surface area contributed by atoms with Gasteiger partial charge >= 0.3 is 0 Å². The fourth-order valence-electron chi connectivity index (χ4n) is 2.05. The van der Waals surface area contributed by atoms with Crippen molar-refractivity contribution in [3.63, 3.8) is 0 Å². The molecule has 1 aliphatic heterocycles. The molecule has 0 radical (unpaired) electrons. The Morgan fingerprint density at radius 2 is 2.06 bits per heavy atom. The number of hydrogen-bond acceptors (Lipinski definition) is 2. The zero-order valence-corrected chi connectivity index (χ0v) is 11.0. The lowest BCUT2D eigenvalue weighted by atomic mass is 10.0. The molecule has 1 unspecified atom stereocenters. The summed E-state index contributed by atoms with van der Waals surface area (Å²) >= 11 is 2.11. The third-order valence-corrected chi connectivity index (χ3v) is 4.36. The lowest BCUT2D eigenvalue weighted by molar-refractivity contribution is 0.666. The van der Waals surface area contributed by atoms with Gasteiger partial charge < -0.3 is 5.32 Å². The summed E-state index contributed by atoms with van der Waals surface area (Å²) < 4.78 is 0. The van der Waals surface area contributed by atoms with E-state index in [-0.39, 0.29) is 0 Å². The van der Waals surface area contributed by atoms with Crippen molar-refractivity contribution < 1.29 is 0 Å². The van der Waals surface area contributed by atoms with E-state index in [2.05, 4.69) is 55.2 Å². The predicted molar refractivity (Wildman–Crippen MR) is 73.4 cm³/mol. The van der Waals surface area contributed by atoms with Gasteiger partial charge in [-0.1, -0.05) is 38.1 Å². The van der Waals surface area contributed by atoms with Gasteiger partial charge in [-0.05, 0) is 23.5 Å². The molecule has 1 heterocycles. The monoisotopic (exact) mass is 235 g/mol. The standard InChI is InChI=1S/C14H21NS/c1-11(2)13-5-3-12(4-6-13)9-14-10-15-7-8-16-14/h3-6,11,14-15H,7-10H2,1-2H3. The molecular formula is C14H21NS. The first-order valence-corrected chi connectivity index (χ1v) is 7.22. The second-order valence-electron chi connectivity index (χ2n) is 4.80. The molecule has 0 aromatic heterocycles. The van der Waals surface area contributed by atoms with Crippen LogP contribution in [-0.2, 0) is 6.42 Å². The van der Waals surface area contributed by atoms with Crippen LogP contribution in [0.25, 0.3) is 0 Å². The first kappa shape index (κ1) is 12.0. The summed E-state index contributed by atoms with van der Waals surface area (Å²) in [6.45, 7) is 6.83. The van der Waals surface area contributed by atoms with Gasteiger partial charge in [0, 0.05) is 24.1 Å². The minimum atomic E-state index is 0.639. The maximum absolute atomic E-state index is 3.46. The van der Waals surface area contributed by atoms with Gasteiger partial charge in [0.2, 0.25) is 0 Å². The van der Waals surface area contributed by atoms with Crippen LogP contribution >= 0.6 is 11.8 Å². The zero-order chi connectivity index (χ0) is 11.4. The molecule has 2 rings (SSSR count). The maximum atomic E-state index is 3.46. The normalized spacial score (nSPS) is 21.3. The molecule has 1 aromatic rings. The highest BCUT2D eigenvalue weighted by atomic mass is 32.2. The van der Waals surface area contributed by atoms with E-state index >= 15 is 0 Å². The molecule has 1 N–H and O–H groups in total. The predicted octanol–water partition coefficient (Wildman–Crippen LogP) is 3.06. The van der Waals surface area contributed by atoms with Gasteiger partial charge in [-0.3, -0.25) is 0 Å². The van der Waals surface area contributed by atoms with Crippen molar-refractivity contribution in [1.29, 1.82) is 0 Å². The Bertz CT molecular complexity index is 312. The lowest BCUT2D eigenvalue weighted by Crippen LogP contribution is -2.33. The van der Waals surface area contributed by atoms with Gasteiger partial charge in [0.15, 0.2) is 0 Å². The second kappa shape index (κ2) is 5.74. The quantitative estimate of drug-likeness (QED) is 0.864. The van der Waals surface area contributed by atoms with Crippen LogP contribution in [0.1, 0.15) is 30.9 Å². The highest BCUT2D eigenvalue weighted by Gasteiger charge is 2.13. The van der Waals surface area contributed by atoms with Crippen molar-refractivity contribution in [2.45, 2.75) is 31.4 Å². The van der Waals surface area contributed by atoms with Gasteiger partial charge in [-0.2, -0.15) is 11.8 Å². The van der Waals surface area contributed by atoms with Crippen LogP contribution in [0.2, 0.25) is 0 Å². The molecule has 1 aliphatic rings. The SMILES string of the molecule is CC(C)c1ccc(CC2CNCCS2)cc1. The minimum absolute atomic E-state index is 0.639. The van der Waals surface area contributed by atoms with E-state index < -0.39 is 0 Å². The maximum Gasteiger partial charge on any atom is 0.0213 e. The van der Waals surface area contributed by atoms with Crippen LogP contribution in [0.3, 0.4) is 0 Å². The first-order valence-electron chi connectivity index (χ1n) is 6.17. The number of nitrogens with one attached hydrogen (secondary N) is 1. The molecule has 1 fully saturated rings. The molecule has 0 aliphatic carbocycles. The van der Waals surface area contributed by atoms with Crippen molar-refractivity contribution in [2.75, 3.05) is 18.8 Å². The van der Waals surface area contributed by atoms with E-state index in [1.165, 1.54) is 29.8 Å². The molecule has 1 atom stereocenters. The average molecular weight is 235 g/mol. The summed E-state index contributed by atoms with van der Waals surface area (Å²) in [5, 5.41) is 4.23. The van der Waals surface area contributed by atoms with Crippen molar-refractivity contribution in [1.82, 2.24) is 5.32 Å². The molecule has 0 saturated carbocycles. The molecule has 16 heavy (non-hydrogen) atoms. The molecule has 0 bridgehead atoms. The fourth-order valence-corrected chi connectivity index (χ4v) is 3.19. The molecule has 88 valence electrons. The Kier molecular flexibility index (Phi) is 4.30. The molecule has 2 heteroatoms. The van der Waals surface area contributed by atoms with Crippen LogP contribution in [0.4, 0.5) is 0 Å². The summed E-state index contributed by atoms with van der Waals surface area (Å²) in [7, 11) is 0. The Labute approximate surface area is 103 Å². The van der Waals surface area contributed by atoms with Gasteiger partial charge in [-0.25, -0.2) is 0 Å². The smallest absolute Gasteiger partial charge is 0.0213 e. The fraction of sp³-hybridized carbons (Fsp3) is 0.571. The highest BCUT2D eigenvalue weighted by Crippen LogP contribution is 2.20.